The summed E-state index contributed by atoms with van der Waals surface area (Å²) in [5, 5.41) is 13.7. The van der Waals surface area contributed by atoms with Gasteiger partial charge in [0.15, 0.2) is 0 Å². The Hall–Kier alpha value is -3.46. The van der Waals surface area contributed by atoms with E-state index in [0.717, 1.165) is 17.8 Å². The highest BCUT2D eigenvalue weighted by molar-refractivity contribution is 6.11. The van der Waals surface area contributed by atoms with E-state index in [1.807, 2.05) is 29.1 Å². The Labute approximate surface area is 151 Å². The van der Waals surface area contributed by atoms with Gasteiger partial charge in [-0.2, -0.15) is 0 Å². The van der Waals surface area contributed by atoms with Crippen LogP contribution in [0.1, 0.15) is 5.56 Å². The lowest BCUT2D eigenvalue weighted by Crippen LogP contribution is -1.99. The second kappa shape index (κ2) is 6.12. The van der Waals surface area contributed by atoms with E-state index in [9.17, 15) is 0 Å². The second-order valence-electron chi connectivity index (χ2n) is 6.47. The van der Waals surface area contributed by atoms with Gasteiger partial charge in [0.05, 0.1) is 12.7 Å². The number of hydrogen-bond acceptors (Lipinski definition) is 2. The third-order valence-electron chi connectivity index (χ3n) is 4.79. The molecule has 5 aromatic rings. The van der Waals surface area contributed by atoms with Gasteiger partial charge in [-0.05, 0) is 27.1 Å². The van der Waals surface area contributed by atoms with Crippen molar-refractivity contribution in [3.05, 3.63) is 96.7 Å². The summed E-state index contributed by atoms with van der Waals surface area (Å²) in [4.78, 5) is 0. The van der Waals surface area contributed by atoms with Crippen LogP contribution in [0.3, 0.4) is 0 Å². The van der Waals surface area contributed by atoms with Crippen LogP contribution in [-0.4, -0.2) is 15.0 Å². The third kappa shape index (κ3) is 2.54. The van der Waals surface area contributed by atoms with Crippen molar-refractivity contribution in [2.45, 2.75) is 6.54 Å². The number of benzene rings is 4. The van der Waals surface area contributed by atoms with E-state index in [2.05, 4.69) is 77.0 Å². The van der Waals surface area contributed by atoms with E-state index in [4.69, 9.17) is 0 Å². The van der Waals surface area contributed by atoms with Crippen LogP contribution in [0, 0.1) is 0 Å². The molecule has 4 aromatic carbocycles. The summed E-state index contributed by atoms with van der Waals surface area (Å²) in [6, 6.07) is 29.6. The molecule has 0 unspecified atom stereocenters. The fourth-order valence-corrected chi connectivity index (χ4v) is 3.53. The van der Waals surface area contributed by atoms with Gasteiger partial charge in [-0.15, -0.1) is 5.10 Å². The molecule has 0 radical (unpaired) electrons. The molecule has 0 saturated heterocycles. The minimum atomic E-state index is 0.724. The van der Waals surface area contributed by atoms with E-state index in [1.165, 1.54) is 27.1 Å². The van der Waals surface area contributed by atoms with E-state index < -0.39 is 0 Å². The maximum Gasteiger partial charge on any atom is 0.113 e. The molecular weight excluding hydrogens is 318 g/mol. The zero-order valence-electron chi connectivity index (χ0n) is 14.2. The van der Waals surface area contributed by atoms with Crippen molar-refractivity contribution in [3.8, 4) is 11.3 Å². The Kier molecular flexibility index (Phi) is 3.49. The van der Waals surface area contributed by atoms with Gasteiger partial charge in [0, 0.05) is 5.56 Å². The Balaban J connectivity index is 1.60. The van der Waals surface area contributed by atoms with Crippen molar-refractivity contribution in [2.24, 2.45) is 0 Å². The van der Waals surface area contributed by atoms with Crippen LogP contribution in [0.25, 0.3) is 32.8 Å². The molecule has 0 aliphatic heterocycles. The summed E-state index contributed by atoms with van der Waals surface area (Å²) in [7, 11) is 0. The van der Waals surface area contributed by atoms with Crippen LogP contribution in [0.4, 0.5) is 0 Å². The number of fused-ring (bicyclic) bond motifs is 3. The Bertz CT molecular complexity index is 1210. The lowest BCUT2D eigenvalue weighted by atomic mass is 9.97. The van der Waals surface area contributed by atoms with Crippen molar-refractivity contribution in [1.82, 2.24) is 15.0 Å². The molecule has 0 N–H and O–H groups in total. The summed E-state index contributed by atoms with van der Waals surface area (Å²) >= 11 is 0. The Morgan fingerprint density at radius 3 is 2.38 bits per heavy atom. The first-order valence-corrected chi connectivity index (χ1v) is 8.73. The van der Waals surface area contributed by atoms with Gasteiger partial charge in [0.2, 0.25) is 0 Å². The highest BCUT2D eigenvalue weighted by Crippen LogP contribution is 2.32. The first kappa shape index (κ1) is 14.8. The van der Waals surface area contributed by atoms with Gasteiger partial charge in [-0.3, -0.25) is 0 Å². The summed E-state index contributed by atoms with van der Waals surface area (Å²) < 4.78 is 1.89. The lowest BCUT2D eigenvalue weighted by molar-refractivity contribution is 0.650. The molecule has 124 valence electrons. The first-order chi connectivity index (χ1) is 12.9. The maximum atomic E-state index is 4.43. The van der Waals surface area contributed by atoms with Crippen molar-refractivity contribution in [2.75, 3.05) is 0 Å². The summed E-state index contributed by atoms with van der Waals surface area (Å²) in [5.74, 6) is 0. The van der Waals surface area contributed by atoms with E-state index in [-0.39, 0.29) is 0 Å². The molecule has 3 heteroatoms. The van der Waals surface area contributed by atoms with Crippen LogP contribution < -0.4 is 0 Å². The number of nitrogens with zero attached hydrogens (tertiary/aromatic N) is 3. The Morgan fingerprint density at radius 2 is 1.46 bits per heavy atom. The number of aromatic nitrogens is 3. The zero-order chi connectivity index (χ0) is 17.3. The molecule has 5 rings (SSSR count). The van der Waals surface area contributed by atoms with Crippen LogP contribution in [0.5, 0.6) is 0 Å². The van der Waals surface area contributed by atoms with Crippen LogP contribution >= 0.6 is 0 Å². The molecule has 3 nitrogen and oxygen atoms in total. The maximum absolute atomic E-state index is 4.43. The fraction of sp³-hybridized carbons (Fsp3) is 0.0435. The van der Waals surface area contributed by atoms with Crippen LogP contribution in [0.2, 0.25) is 0 Å². The highest BCUT2D eigenvalue weighted by Gasteiger charge is 2.10. The van der Waals surface area contributed by atoms with Gasteiger partial charge in [0.25, 0.3) is 0 Å². The lowest BCUT2D eigenvalue weighted by Gasteiger charge is -2.07. The molecule has 0 spiro atoms. The van der Waals surface area contributed by atoms with Crippen molar-refractivity contribution in [3.63, 3.8) is 0 Å². The molecule has 0 saturated carbocycles. The molecule has 0 fully saturated rings. The standard InChI is InChI=1S/C23H17N3/c1-2-7-17(8-3-1)15-26-16-23(24-25-26)22-12-6-11-20-19-10-5-4-9-18(19)13-14-21(20)22/h1-14,16H,15H2. The minimum absolute atomic E-state index is 0.724. The SMILES string of the molecule is c1ccc(Cn2cc(-c3cccc4c3ccc3ccccc34)nn2)cc1. The minimum Gasteiger partial charge on any atom is -0.247 e. The second-order valence-corrected chi connectivity index (χ2v) is 6.47. The van der Waals surface area contributed by atoms with Crippen molar-refractivity contribution < 1.29 is 0 Å². The molecule has 0 aliphatic carbocycles. The van der Waals surface area contributed by atoms with E-state index in [1.54, 1.807) is 0 Å². The number of hydrogen-bond donors (Lipinski definition) is 0. The molecule has 0 aliphatic rings. The predicted octanol–water partition coefficient (Wildman–Crippen LogP) is 5.30. The summed E-state index contributed by atoms with van der Waals surface area (Å²) in [6.45, 7) is 0.724. The fourth-order valence-electron chi connectivity index (χ4n) is 3.53. The average Bonchev–Trinajstić information content (AvgIpc) is 3.16. The van der Waals surface area contributed by atoms with Gasteiger partial charge in [-0.1, -0.05) is 90.1 Å². The summed E-state index contributed by atoms with van der Waals surface area (Å²) in [6.07, 6.45) is 2.02. The number of rotatable bonds is 3. The topological polar surface area (TPSA) is 30.7 Å². The smallest absolute Gasteiger partial charge is 0.113 e. The van der Waals surface area contributed by atoms with E-state index in [0.29, 0.717) is 0 Å². The highest BCUT2D eigenvalue weighted by atomic mass is 15.4. The molecule has 26 heavy (non-hydrogen) atoms. The molecule has 1 heterocycles. The molecule has 0 bridgehead atoms. The first-order valence-electron chi connectivity index (χ1n) is 8.73. The van der Waals surface area contributed by atoms with Crippen LogP contribution in [0.15, 0.2) is 91.1 Å². The summed E-state index contributed by atoms with van der Waals surface area (Å²) in [5.41, 5.74) is 3.24. The average molecular weight is 335 g/mol. The monoisotopic (exact) mass is 335 g/mol. The van der Waals surface area contributed by atoms with Gasteiger partial charge in [-0.25, -0.2) is 4.68 Å². The normalized spacial score (nSPS) is 11.2. The van der Waals surface area contributed by atoms with Crippen molar-refractivity contribution in [1.29, 1.82) is 0 Å². The molecule has 0 atom stereocenters. The van der Waals surface area contributed by atoms with Gasteiger partial charge >= 0.3 is 0 Å². The van der Waals surface area contributed by atoms with Gasteiger partial charge < -0.3 is 0 Å². The predicted molar refractivity (Wildman–Crippen MR) is 106 cm³/mol. The van der Waals surface area contributed by atoms with Crippen molar-refractivity contribution >= 4 is 21.5 Å². The third-order valence-corrected chi connectivity index (χ3v) is 4.79. The zero-order valence-corrected chi connectivity index (χ0v) is 14.2. The quantitative estimate of drug-likeness (QED) is 0.419. The largest absolute Gasteiger partial charge is 0.247 e. The Morgan fingerprint density at radius 1 is 0.654 bits per heavy atom. The van der Waals surface area contributed by atoms with E-state index >= 15 is 0 Å². The van der Waals surface area contributed by atoms with Gasteiger partial charge in [0.1, 0.15) is 5.69 Å². The van der Waals surface area contributed by atoms with Crippen LogP contribution in [-0.2, 0) is 6.54 Å². The molecular formula is C23H17N3. The molecule has 1 aromatic heterocycles. The molecule has 0 amide bonds.